The SMILES string of the molecule is CCc1cc(=O)[nH]c(-c2ccc(F)cc2Br)n1. The van der Waals surface area contributed by atoms with Gasteiger partial charge in [-0.25, -0.2) is 9.37 Å². The van der Waals surface area contributed by atoms with Crippen LogP contribution in [0.25, 0.3) is 11.4 Å². The van der Waals surface area contributed by atoms with Gasteiger partial charge in [0.05, 0.1) is 0 Å². The second kappa shape index (κ2) is 4.79. The van der Waals surface area contributed by atoms with Crippen LogP contribution in [0.4, 0.5) is 4.39 Å². The summed E-state index contributed by atoms with van der Waals surface area (Å²) in [5, 5.41) is 0. The highest BCUT2D eigenvalue weighted by Gasteiger charge is 2.08. The molecule has 0 bridgehead atoms. The summed E-state index contributed by atoms with van der Waals surface area (Å²) in [6.07, 6.45) is 0.676. The highest BCUT2D eigenvalue weighted by atomic mass is 79.9. The minimum Gasteiger partial charge on any atom is -0.306 e. The van der Waals surface area contributed by atoms with Gasteiger partial charge >= 0.3 is 0 Å². The average Bonchev–Trinajstić information content (AvgIpc) is 2.28. The van der Waals surface area contributed by atoms with Crippen molar-refractivity contribution in [1.82, 2.24) is 9.97 Å². The molecule has 17 heavy (non-hydrogen) atoms. The molecule has 0 aliphatic carbocycles. The Balaban J connectivity index is 2.60. The maximum Gasteiger partial charge on any atom is 0.251 e. The molecule has 0 radical (unpaired) electrons. The van der Waals surface area contributed by atoms with Crippen LogP contribution in [0.2, 0.25) is 0 Å². The summed E-state index contributed by atoms with van der Waals surface area (Å²) in [6.45, 7) is 1.92. The monoisotopic (exact) mass is 296 g/mol. The van der Waals surface area contributed by atoms with Gasteiger partial charge in [-0.3, -0.25) is 4.79 Å². The molecule has 0 saturated carbocycles. The second-order valence-corrected chi connectivity index (χ2v) is 4.42. The number of aromatic nitrogens is 2. The number of rotatable bonds is 2. The van der Waals surface area contributed by atoms with Crippen molar-refractivity contribution < 1.29 is 4.39 Å². The van der Waals surface area contributed by atoms with Crippen molar-refractivity contribution in [2.45, 2.75) is 13.3 Å². The third-order valence-electron chi connectivity index (χ3n) is 2.34. The van der Waals surface area contributed by atoms with Gasteiger partial charge in [0, 0.05) is 21.8 Å². The number of H-pyrrole nitrogens is 1. The van der Waals surface area contributed by atoms with E-state index >= 15 is 0 Å². The molecule has 0 fully saturated rings. The van der Waals surface area contributed by atoms with Crippen molar-refractivity contribution in [3.05, 3.63) is 50.6 Å². The summed E-state index contributed by atoms with van der Waals surface area (Å²) in [6, 6.07) is 5.71. The Morgan fingerprint density at radius 3 is 2.82 bits per heavy atom. The average molecular weight is 297 g/mol. The van der Waals surface area contributed by atoms with E-state index in [0.29, 0.717) is 28.0 Å². The van der Waals surface area contributed by atoms with Crippen molar-refractivity contribution in [3.8, 4) is 11.4 Å². The van der Waals surface area contributed by atoms with Gasteiger partial charge in [-0.2, -0.15) is 0 Å². The van der Waals surface area contributed by atoms with Crippen molar-refractivity contribution >= 4 is 15.9 Å². The fourth-order valence-corrected chi connectivity index (χ4v) is 2.04. The molecule has 0 unspecified atom stereocenters. The van der Waals surface area contributed by atoms with E-state index < -0.39 is 0 Å². The Hall–Kier alpha value is -1.49. The lowest BCUT2D eigenvalue weighted by Crippen LogP contribution is -2.10. The van der Waals surface area contributed by atoms with Crippen molar-refractivity contribution in [2.24, 2.45) is 0 Å². The van der Waals surface area contributed by atoms with E-state index in [1.54, 1.807) is 6.07 Å². The molecule has 3 nitrogen and oxygen atoms in total. The van der Waals surface area contributed by atoms with Crippen LogP contribution in [-0.4, -0.2) is 9.97 Å². The predicted octanol–water partition coefficient (Wildman–Crippen LogP) is 2.90. The standard InChI is InChI=1S/C12H10BrFN2O/c1-2-8-6-11(17)16-12(15-8)9-4-3-7(14)5-10(9)13/h3-6H,2H2,1H3,(H,15,16,17). The number of nitrogens with one attached hydrogen (secondary N) is 1. The van der Waals surface area contributed by atoms with Gasteiger partial charge in [0.1, 0.15) is 11.6 Å². The lowest BCUT2D eigenvalue weighted by Gasteiger charge is -2.05. The van der Waals surface area contributed by atoms with Crippen molar-refractivity contribution in [3.63, 3.8) is 0 Å². The zero-order valence-corrected chi connectivity index (χ0v) is 10.7. The molecule has 2 aromatic rings. The summed E-state index contributed by atoms with van der Waals surface area (Å²) in [7, 11) is 0. The highest BCUT2D eigenvalue weighted by Crippen LogP contribution is 2.25. The van der Waals surface area contributed by atoms with Crippen LogP contribution in [0.1, 0.15) is 12.6 Å². The fraction of sp³-hybridized carbons (Fsp3) is 0.167. The van der Waals surface area contributed by atoms with Gasteiger partial charge < -0.3 is 4.98 Å². The number of nitrogens with zero attached hydrogens (tertiary/aromatic N) is 1. The van der Waals surface area contributed by atoms with E-state index in [1.807, 2.05) is 6.92 Å². The summed E-state index contributed by atoms with van der Waals surface area (Å²) < 4.78 is 13.5. The van der Waals surface area contributed by atoms with Crippen LogP contribution in [0.15, 0.2) is 33.5 Å². The van der Waals surface area contributed by atoms with Crippen molar-refractivity contribution in [2.75, 3.05) is 0 Å². The Morgan fingerprint density at radius 1 is 1.41 bits per heavy atom. The third-order valence-corrected chi connectivity index (χ3v) is 3.00. The largest absolute Gasteiger partial charge is 0.306 e. The molecule has 1 N–H and O–H groups in total. The van der Waals surface area contributed by atoms with E-state index in [0.717, 1.165) is 0 Å². The smallest absolute Gasteiger partial charge is 0.251 e. The summed E-state index contributed by atoms with van der Waals surface area (Å²) in [4.78, 5) is 18.4. The van der Waals surface area contributed by atoms with Gasteiger partial charge in [-0.1, -0.05) is 6.92 Å². The molecule has 5 heteroatoms. The summed E-state index contributed by atoms with van der Waals surface area (Å²) in [5.41, 5.74) is 1.17. The molecule has 0 atom stereocenters. The molecule has 0 aliphatic rings. The van der Waals surface area contributed by atoms with Crippen LogP contribution in [-0.2, 0) is 6.42 Å². The first-order valence-electron chi connectivity index (χ1n) is 5.16. The van der Waals surface area contributed by atoms with Gasteiger partial charge in [0.25, 0.3) is 5.56 Å². The van der Waals surface area contributed by atoms with Crippen LogP contribution in [0.3, 0.4) is 0 Å². The Labute approximate surface area is 106 Å². The van der Waals surface area contributed by atoms with Crippen molar-refractivity contribution in [1.29, 1.82) is 0 Å². The number of aryl methyl sites for hydroxylation is 1. The molecule has 0 spiro atoms. The molecule has 0 saturated heterocycles. The topological polar surface area (TPSA) is 45.8 Å². The maximum atomic E-state index is 13.0. The minimum atomic E-state index is -0.338. The first-order chi connectivity index (χ1) is 8.10. The Morgan fingerprint density at radius 2 is 2.18 bits per heavy atom. The van der Waals surface area contributed by atoms with E-state index in [2.05, 4.69) is 25.9 Å². The van der Waals surface area contributed by atoms with E-state index in [-0.39, 0.29) is 11.4 Å². The predicted molar refractivity (Wildman–Crippen MR) is 67.3 cm³/mol. The molecule has 88 valence electrons. The maximum absolute atomic E-state index is 13.0. The molecule has 1 aromatic heterocycles. The Bertz CT molecular complexity index is 610. The van der Waals surface area contributed by atoms with E-state index in [4.69, 9.17) is 0 Å². The third kappa shape index (κ3) is 2.61. The number of hydrogen-bond donors (Lipinski definition) is 1. The lowest BCUT2D eigenvalue weighted by molar-refractivity contribution is 0.627. The van der Waals surface area contributed by atoms with Crippen LogP contribution < -0.4 is 5.56 Å². The molecular formula is C12H10BrFN2O. The van der Waals surface area contributed by atoms with E-state index in [1.165, 1.54) is 18.2 Å². The van der Waals surface area contributed by atoms with Gasteiger partial charge in [0.2, 0.25) is 0 Å². The first-order valence-corrected chi connectivity index (χ1v) is 5.95. The number of halogens is 2. The van der Waals surface area contributed by atoms with Gasteiger partial charge in [0.15, 0.2) is 0 Å². The normalized spacial score (nSPS) is 10.5. The van der Waals surface area contributed by atoms with Crippen LogP contribution >= 0.6 is 15.9 Å². The molecular weight excluding hydrogens is 287 g/mol. The zero-order valence-electron chi connectivity index (χ0n) is 9.13. The minimum absolute atomic E-state index is 0.205. The first kappa shape index (κ1) is 12.0. The molecule has 2 rings (SSSR count). The summed E-state index contributed by atoms with van der Waals surface area (Å²) >= 11 is 3.25. The lowest BCUT2D eigenvalue weighted by atomic mass is 10.2. The molecule has 1 aromatic carbocycles. The van der Waals surface area contributed by atoms with Crippen LogP contribution in [0, 0.1) is 5.82 Å². The van der Waals surface area contributed by atoms with Gasteiger partial charge in [-0.15, -0.1) is 0 Å². The summed E-state index contributed by atoms with van der Waals surface area (Å²) in [5.74, 6) is 0.107. The quantitative estimate of drug-likeness (QED) is 0.926. The fourth-order valence-electron chi connectivity index (χ4n) is 1.50. The molecule has 0 aliphatic heterocycles. The number of aromatic amines is 1. The van der Waals surface area contributed by atoms with Crippen LogP contribution in [0.5, 0.6) is 0 Å². The molecule has 1 heterocycles. The highest BCUT2D eigenvalue weighted by molar-refractivity contribution is 9.10. The number of benzene rings is 1. The molecule has 0 amide bonds. The second-order valence-electron chi connectivity index (χ2n) is 3.56. The number of hydrogen-bond acceptors (Lipinski definition) is 2. The zero-order chi connectivity index (χ0) is 12.4. The van der Waals surface area contributed by atoms with Gasteiger partial charge in [-0.05, 0) is 40.5 Å². The van der Waals surface area contributed by atoms with E-state index in [9.17, 15) is 9.18 Å². The Kier molecular flexibility index (Phi) is 3.38.